The van der Waals surface area contributed by atoms with E-state index in [1.54, 1.807) is 23.7 Å². The van der Waals surface area contributed by atoms with E-state index in [-0.39, 0.29) is 11.4 Å². The third-order valence-electron chi connectivity index (χ3n) is 2.96. The molecule has 1 aromatic carbocycles. The van der Waals surface area contributed by atoms with Crippen LogP contribution in [0.3, 0.4) is 0 Å². The normalized spacial score (nSPS) is 10.4. The number of rotatable bonds is 3. The number of nitrogens with zero attached hydrogens (tertiary/aromatic N) is 3. The lowest BCUT2D eigenvalue weighted by atomic mass is 10.2. The number of carbonyl (C=O) groups excluding carboxylic acids is 1. The molecule has 0 aliphatic carbocycles. The Balaban J connectivity index is 2.64. The van der Waals surface area contributed by atoms with E-state index in [0.717, 1.165) is 11.3 Å². The molecule has 0 spiro atoms. The summed E-state index contributed by atoms with van der Waals surface area (Å²) < 4.78 is 6.33. The number of aryl methyl sites for hydroxylation is 1. The van der Waals surface area contributed by atoms with Gasteiger partial charge in [0.05, 0.1) is 12.8 Å². The predicted molar refractivity (Wildman–Crippen MR) is 78.4 cm³/mol. The molecule has 0 saturated heterocycles. The minimum absolute atomic E-state index is 0.270. The van der Waals surface area contributed by atoms with Gasteiger partial charge in [-0.05, 0) is 24.6 Å². The average molecular weight is 274 g/mol. The number of hydrogen-bond acceptors (Lipinski definition) is 5. The quantitative estimate of drug-likeness (QED) is 0.861. The summed E-state index contributed by atoms with van der Waals surface area (Å²) in [5.74, 6) is 0.257. The second kappa shape index (κ2) is 5.24. The molecule has 6 nitrogen and oxygen atoms in total. The molecule has 0 aliphatic heterocycles. The van der Waals surface area contributed by atoms with E-state index in [2.05, 4.69) is 5.10 Å². The van der Waals surface area contributed by atoms with Gasteiger partial charge in [0.15, 0.2) is 5.82 Å². The molecule has 1 aromatic heterocycles. The standard InChI is InChI=1S/C14H18N4O2/c1-9-6-5-7-10(8-9)18-12(15)11(14(19)20-4)13(16-18)17(2)3/h5-8H,15H2,1-4H3. The lowest BCUT2D eigenvalue weighted by Gasteiger charge is -2.09. The van der Waals surface area contributed by atoms with Crippen LogP contribution in [0, 0.1) is 6.92 Å². The van der Waals surface area contributed by atoms with Crippen molar-refractivity contribution < 1.29 is 9.53 Å². The van der Waals surface area contributed by atoms with Gasteiger partial charge in [-0.2, -0.15) is 0 Å². The molecule has 2 N–H and O–H groups in total. The largest absolute Gasteiger partial charge is 0.465 e. The minimum atomic E-state index is -0.495. The Morgan fingerprint density at radius 1 is 1.40 bits per heavy atom. The Labute approximate surface area is 117 Å². The van der Waals surface area contributed by atoms with Crippen molar-refractivity contribution in [2.45, 2.75) is 6.92 Å². The Kier molecular flexibility index (Phi) is 3.65. The Morgan fingerprint density at radius 2 is 2.10 bits per heavy atom. The first-order valence-corrected chi connectivity index (χ1v) is 6.17. The first-order valence-electron chi connectivity index (χ1n) is 6.17. The molecule has 106 valence electrons. The van der Waals surface area contributed by atoms with Gasteiger partial charge in [-0.1, -0.05) is 12.1 Å². The maximum Gasteiger partial charge on any atom is 0.345 e. The number of ether oxygens (including phenoxy) is 1. The van der Waals surface area contributed by atoms with Crippen LogP contribution in [0.2, 0.25) is 0 Å². The van der Waals surface area contributed by atoms with Crippen LogP contribution in [-0.2, 0) is 4.74 Å². The summed E-state index contributed by atoms with van der Waals surface area (Å²) in [6, 6.07) is 7.73. The van der Waals surface area contributed by atoms with Gasteiger partial charge >= 0.3 is 5.97 Å². The van der Waals surface area contributed by atoms with Gasteiger partial charge in [-0.15, -0.1) is 5.10 Å². The molecule has 0 amide bonds. The zero-order valence-electron chi connectivity index (χ0n) is 12.0. The number of carbonyl (C=O) groups is 1. The second-order valence-corrected chi connectivity index (χ2v) is 4.72. The number of methoxy groups -OCH3 is 1. The molecule has 0 bridgehead atoms. The number of benzene rings is 1. The maximum atomic E-state index is 11.9. The topological polar surface area (TPSA) is 73.4 Å². The Bertz CT molecular complexity index is 647. The highest BCUT2D eigenvalue weighted by atomic mass is 16.5. The first-order chi connectivity index (χ1) is 9.45. The number of esters is 1. The van der Waals surface area contributed by atoms with Crippen LogP contribution in [0.1, 0.15) is 15.9 Å². The van der Waals surface area contributed by atoms with Gasteiger partial charge in [0, 0.05) is 14.1 Å². The van der Waals surface area contributed by atoms with Gasteiger partial charge < -0.3 is 15.4 Å². The fourth-order valence-electron chi connectivity index (χ4n) is 1.99. The highest BCUT2D eigenvalue weighted by molar-refractivity contribution is 6.00. The van der Waals surface area contributed by atoms with E-state index in [9.17, 15) is 4.79 Å². The zero-order chi connectivity index (χ0) is 14.9. The molecule has 1 heterocycles. The number of nitrogen functional groups attached to an aromatic ring is 1. The van der Waals surface area contributed by atoms with Gasteiger partial charge in [-0.25, -0.2) is 9.48 Å². The van der Waals surface area contributed by atoms with Crippen LogP contribution >= 0.6 is 0 Å². The summed E-state index contributed by atoms with van der Waals surface area (Å²) in [6.45, 7) is 1.98. The van der Waals surface area contributed by atoms with Crippen LogP contribution in [0.25, 0.3) is 5.69 Å². The molecular weight excluding hydrogens is 256 g/mol. The summed E-state index contributed by atoms with van der Waals surface area (Å²) in [7, 11) is 4.93. The first kappa shape index (κ1) is 13.9. The molecule has 6 heteroatoms. The predicted octanol–water partition coefficient (Wildman–Crippen LogP) is 1.62. The maximum absolute atomic E-state index is 11.9. The van der Waals surface area contributed by atoms with Crippen molar-refractivity contribution in [2.24, 2.45) is 0 Å². The zero-order valence-corrected chi connectivity index (χ0v) is 12.0. The van der Waals surface area contributed by atoms with Crippen LogP contribution in [0.5, 0.6) is 0 Å². The fourth-order valence-corrected chi connectivity index (χ4v) is 1.99. The number of anilines is 2. The van der Waals surface area contributed by atoms with E-state index in [1.807, 2.05) is 31.2 Å². The van der Waals surface area contributed by atoms with Gasteiger partial charge in [-0.3, -0.25) is 0 Å². The molecule has 2 aromatic rings. The molecule has 20 heavy (non-hydrogen) atoms. The van der Waals surface area contributed by atoms with Gasteiger partial charge in [0.1, 0.15) is 11.4 Å². The summed E-state index contributed by atoms with van der Waals surface area (Å²) in [5.41, 5.74) is 8.24. The number of aromatic nitrogens is 2. The van der Waals surface area contributed by atoms with Crippen molar-refractivity contribution in [2.75, 3.05) is 31.8 Å². The smallest absolute Gasteiger partial charge is 0.345 e. The molecule has 0 radical (unpaired) electrons. The van der Waals surface area contributed by atoms with Crippen molar-refractivity contribution in [3.05, 3.63) is 35.4 Å². The third-order valence-corrected chi connectivity index (χ3v) is 2.96. The summed E-state index contributed by atoms with van der Waals surface area (Å²) in [4.78, 5) is 13.6. The minimum Gasteiger partial charge on any atom is -0.465 e. The summed E-state index contributed by atoms with van der Waals surface area (Å²) in [6.07, 6.45) is 0. The van der Waals surface area contributed by atoms with E-state index in [4.69, 9.17) is 10.5 Å². The molecular formula is C14H18N4O2. The number of nitrogens with two attached hydrogens (primary N) is 1. The summed E-state index contributed by atoms with van der Waals surface area (Å²) >= 11 is 0. The second-order valence-electron chi connectivity index (χ2n) is 4.72. The fraction of sp³-hybridized carbons (Fsp3) is 0.286. The van der Waals surface area contributed by atoms with Crippen molar-refractivity contribution >= 4 is 17.6 Å². The lowest BCUT2D eigenvalue weighted by molar-refractivity contribution is 0.0602. The molecule has 2 rings (SSSR count). The third kappa shape index (κ3) is 2.32. The highest BCUT2D eigenvalue weighted by Crippen LogP contribution is 2.27. The van der Waals surface area contributed by atoms with Crippen LogP contribution in [0.15, 0.2) is 24.3 Å². The van der Waals surface area contributed by atoms with Crippen molar-refractivity contribution in [1.82, 2.24) is 9.78 Å². The van der Waals surface area contributed by atoms with Crippen LogP contribution < -0.4 is 10.6 Å². The molecule has 0 saturated carbocycles. The van der Waals surface area contributed by atoms with E-state index in [1.165, 1.54) is 7.11 Å². The van der Waals surface area contributed by atoms with E-state index in [0.29, 0.717) is 5.82 Å². The number of hydrogen-bond donors (Lipinski definition) is 1. The SMILES string of the molecule is COC(=O)c1c(N(C)C)nn(-c2cccc(C)c2)c1N. The molecule has 0 aliphatic rings. The van der Waals surface area contributed by atoms with Crippen LogP contribution in [0.4, 0.5) is 11.6 Å². The Hall–Kier alpha value is -2.50. The molecule has 0 unspecified atom stereocenters. The molecule has 0 fully saturated rings. The van der Waals surface area contributed by atoms with Crippen molar-refractivity contribution in [3.8, 4) is 5.69 Å². The monoisotopic (exact) mass is 274 g/mol. The highest BCUT2D eigenvalue weighted by Gasteiger charge is 2.24. The van der Waals surface area contributed by atoms with Crippen molar-refractivity contribution in [1.29, 1.82) is 0 Å². The van der Waals surface area contributed by atoms with Crippen molar-refractivity contribution in [3.63, 3.8) is 0 Å². The lowest BCUT2D eigenvalue weighted by Crippen LogP contribution is -2.14. The Morgan fingerprint density at radius 3 is 2.65 bits per heavy atom. The van der Waals surface area contributed by atoms with Crippen LogP contribution in [-0.4, -0.2) is 37.0 Å². The molecule has 0 atom stereocenters. The summed E-state index contributed by atoms with van der Waals surface area (Å²) in [5, 5.41) is 4.41. The van der Waals surface area contributed by atoms with Gasteiger partial charge in [0.2, 0.25) is 0 Å². The average Bonchev–Trinajstić information content (AvgIpc) is 2.76. The van der Waals surface area contributed by atoms with Gasteiger partial charge in [0.25, 0.3) is 0 Å². The van der Waals surface area contributed by atoms with E-state index < -0.39 is 5.97 Å². The van der Waals surface area contributed by atoms with E-state index >= 15 is 0 Å².